The van der Waals surface area contributed by atoms with Gasteiger partial charge < -0.3 is 10.2 Å². The van der Waals surface area contributed by atoms with E-state index in [0.717, 1.165) is 21.6 Å². The summed E-state index contributed by atoms with van der Waals surface area (Å²) in [6, 6.07) is 17.1. The first-order valence-corrected chi connectivity index (χ1v) is 9.77. The van der Waals surface area contributed by atoms with Crippen molar-refractivity contribution in [3.8, 4) is 0 Å². The molecule has 0 unspecified atom stereocenters. The van der Waals surface area contributed by atoms with E-state index >= 15 is 0 Å². The highest BCUT2D eigenvalue weighted by Crippen LogP contribution is 2.23. The minimum Gasteiger partial charge on any atom is -0.340 e. The topological polar surface area (TPSA) is 69.7 Å². The molecule has 0 radical (unpaired) electrons. The molecule has 1 aliphatic heterocycles. The van der Waals surface area contributed by atoms with Crippen LogP contribution >= 0.6 is 0 Å². The Morgan fingerprint density at radius 3 is 2.41 bits per heavy atom. The minimum atomic E-state index is -0.998. The fourth-order valence-electron chi connectivity index (χ4n) is 3.49. The quantitative estimate of drug-likeness (QED) is 0.736. The van der Waals surface area contributed by atoms with Crippen molar-refractivity contribution in [2.45, 2.75) is 38.8 Å². The average molecular weight is 393 g/mol. The van der Waals surface area contributed by atoms with Crippen molar-refractivity contribution in [3.63, 3.8) is 0 Å². The molecule has 6 nitrogen and oxygen atoms in total. The largest absolute Gasteiger partial charge is 0.340 e. The molecule has 2 aromatic rings. The first kappa shape index (κ1) is 20.6. The van der Waals surface area contributed by atoms with E-state index in [-0.39, 0.29) is 18.4 Å². The van der Waals surface area contributed by atoms with Crippen molar-refractivity contribution in [3.05, 3.63) is 71.3 Å². The molecule has 1 saturated heterocycles. The minimum absolute atomic E-state index is 0.256. The van der Waals surface area contributed by atoms with Gasteiger partial charge in [0.2, 0.25) is 5.91 Å². The Bertz CT molecular complexity index is 913. The number of likely N-dealkylation sites (N-methyl/N-ethyl adjacent to an activating group) is 1. The van der Waals surface area contributed by atoms with E-state index in [0.29, 0.717) is 19.4 Å². The van der Waals surface area contributed by atoms with Gasteiger partial charge in [-0.2, -0.15) is 0 Å². The molecule has 2 aromatic carbocycles. The van der Waals surface area contributed by atoms with Gasteiger partial charge in [0.25, 0.3) is 5.91 Å². The van der Waals surface area contributed by atoms with E-state index in [1.165, 1.54) is 0 Å². The Morgan fingerprint density at radius 2 is 1.72 bits per heavy atom. The normalized spacial score (nSPS) is 18.7. The molecule has 29 heavy (non-hydrogen) atoms. The van der Waals surface area contributed by atoms with Crippen LogP contribution in [0.25, 0.3) is 0 Å². The predicted molar refractivity (Wildman–Crippen MR) is 111 cm³/mol. The number of hydrogen-bond acceptors (Lipinski definition) is 3. The maximum atomic E-state index is 12.9. The zero-order chi connectivity index (χ0) is 21.0. The first-order valence-electron chi connectivity index (χ1n) is 9.77. The van der Waals surface area contributed by atoms with Crippen molar-refractivity contribution < 1.29 is 14.4 Å². The van der Waals surface area contributed by atoms with Crippen molar-refractivity contribution >= 4 is 17.8 Å². The van der Waals surface area contributed by atoms with Crippen LogP contribution < -0.4 is 5.32 Å². The fourth-order valence-corrected chi connectivity index (χ4v) is 3.49. The molecular weight excluding hydrogens is 366 g/mol. The summed E-state index contributed by atoms with van der Waals surface area (Å²) in [6.45, 7) is 3.88. The zero-order valence-electron chi connectivity index (χ0n) is 17.1. The molecule has 0 aromatic heterocycles. The van der Waals surface area contributed by atoms with Gasteiger partial charge in [0, 0.05) is 13.6 Å². The van der Waals surface area contributed by atoms with Crippen LogP contribution in [0.2, 0.25) is 0 Å². The highest BCUT2D eigenvalue weighted by molar-refractivity contribution is 6.08. The number of benzene rings is 2. The van der Waals surface area contributed by atoms with Crippen molar-refractivity contribution in [1.29, 1.82) is 0 Å². The summed E-state index contributed by atoms with van der Waals surface area (Å²) in [5, 5.41) is 2.77. The molecule has 152 valence electrons. The van der Waals surface area contributed by atoms with Crippen LogP contribution in [0, 0.1) is 6.92 Å². The van der Waals surface area contributed by atoms with Gasteiger partial charge in [-0.3, -0.25) is 14.5 Å². The number of rotatable bonds is 7. The lowest BCUT2D eigenvalue weighted by Crippen LogP contribution is -2.45. The Morgan fingerprint density at radius 1 is 1.07 bits per heavy atom. The standard InChI is InChI=1S/C23H27N3O3/c1-17-9-7-8-12-19(17)15-25(3)20(27)16-26-21(28)23(2,24-22(26)29)14-13-18-10-5-4-6-11-18/h4-12H,13-16H2,1-3H3,(H,24,29)/t23-/m0/s1. The van der Waals surface area contributed by atoms with Crippen molar-refractivity contribution in [1.82, 2.24) is 15.1 Å². The number of nitrogens with one attached hydrogen (secondary N) is 1. The summed E-state index contributed by atoms with van der Waals surface area (Å²) < 4.78 is 0. The molecule has 0 bridgehead atoms. The number of aryl methyl sites for hydroxylation is 2. The molecule has 1 aliphatic rings. The molecule has 1 heterocycles. The van der Waals surface area contributed by atoms with Crippen LogP contribution in [0.4, 0.5) is 4.79 Å². The lowest BCUT2D eigenvalue weighted by molar-refractivity contribution is -0.138. The number of nitrogens with zero attached hydrogens (tertiary/aromatic N) is 2. The average Bonchev–Trinajstić information content (AvgIpc) is 2.92. The monoisotopic (exact) mass is 393 g/mol. The van der Waals surface area contributed by atoms with Crippen LogP contribution in [-0.4, -0.2) is 46.8 Å². The molecular formula is C23H27N3O3. The molecule has 1 atom stereocenters. The van der Waals surface area contributed by atoms with Gasteiger partial charge in [-0.15, -0.1) is 0 Å². The summed E-state index contributed by atoms with van der Waals surface area (Å²) in [5.41, 5.74) is 2.23. The van der Waals surface area contributed by atoms with Gasteiger partial charge in [0.05, 0.1) is 0 Å². The highest BCUT2D eigenvalue weighted by Gasteiger charge is 2.48. The molecule has 1 fully saturated rings. The molecule has 4 amide bonds. The second-order valence-corrected chi connectivity index (χ2v) is 7.82. The number of carbonyl (C=O) groups excluding carboxylic acids is 3. The smallest absolute Gasteiger partial charge is 0.325 e. The summed E-state index contributed by atoms with van der Waals surface area (Å²) >= 11 is 0. The molecule has 6 heteroatoms. The maximum Gasteiger partial charge on any atom is 0.325 e. The number of imide groups is 1. The van der Waals surface area contributed by atoms with Crippen LogP contribution in [0.3, 0.4) is 0 Å². The van der Waals surface area contributed by atoms with Crippen LogP contribution in [-0.2, 0) is 22.6 Å². The van der Waals surface area contributed by atoms with Gasteiger partial charge in [0.15, 0.2) is 0 Å². The van der Waals surface area contributed by atoms with Gasteiger partial charge >= 0.3 is 6.03 Å². The Balaban J connectivity index is 1.61. The number of amides is 4. The molecule has 3 rings (SSSR count). The Kier molecular flexibility index (Phi) is 6.01. The van der Waals surface area contributed by atoms with Crippen LogP contribution in [0.5, 0.6) is 0 Å². The number of carbonyl (C=O) groups is 3. The zero-order valence-corrected chi connectivity index (χ0v) is 17.1. The Labute approximate surface area is 171 Å². The second kappa shape index (κ2) is 8.47. The molecule has 0 aliphatic carbocycles. The van der Waals surface area contributed by atoms with Crippen LogP contribution in [0.15, 0.2) is 54.6 Å². The third kappa shape index (κ3) is 4.65. The van der Waals surface area contributed by atoms with Gasteiger partial charge in [-0.05, 0) is 43.4 Å². The number of hydrogen-bond donors (Lipinski definition) is 1. The third-order valence-corrected chi connectivity index (χ3v) is 5.49. The summed E-state index contributed by atoms with van der Waals surface area (Å²) in [7, 11) is 1.68. The van der Waals surface area contributed by atoms with Gasteiger partial charge in [-0.25, -0.2) is 4.79 Å². The maximum absolute atomic E-state index is 12.9. The Hall–Kier alpha value is -3.15. The van der Waals surface area contributed by atoms with E-state index in [1.54, 1.807) is 18.9 Å². The molecule has 1 N–H and O–H groups in total. The van der Waals surface area contributed by atoms with E-state index < -0.39 is 11.6 Å². The van der Waals surface area contributed by atoms with E-state index in [1.807, 2.05) is 61.5 Å². The van der Waals surface area contributed by atoms with Gasteiger partial charge in [0.1, 0.15) is 12.1 Å². The predicted octanol–water partition coefficient (Wildman–Crippen LogP) is 2.90. The van der Waals surface area contributed by atoms with Crippen LogP contribution in [0.1, 0.15) is 30.0 Å². The van der Waals surface area contributed by atoms with Crippen molar-refractivity contribution in [2.24, 2.45) is 0 Å². The van der Waals surface area contributed by atoms with E-state index in [2.05, 4.69) is 5.32 Å². The lowest BCUT2D eigenvalue weighted by atomic mass is 9.93. The third-order valence-electron chi connectivity index (χ3n) is 5.49. The second-order valence-electron chi connectivity index (χ2n) is 7.82. The van der Waals surface area contributed by atoms with Gasteiger partial charge in [-0.1, -0.05) is 54.6 Å². The van der Waals surface area contributed by atoms with E-state index in [9.17, 15) is 14.4 Å². The lowest BCUT2D eigenvalue weighted by Gasteiger charge is -2.23. The summed E-state index contributed by atoms with van der Waals surface area (Å²) in [6.07, 6.45) is 1.14. The molecule has 0 spiro atoms. The number of urea groups is 1. The summed E-state index contributed by atoms with van der Waals surface area (Å²) in [4.78, 5) is 40.5. The van der Waals surface area contributed by atoms with E-state index in [4.69, 9.17) is 0 Å². The highest BCUT2D eigenvalue weighted by atomic mass is 16.2. The SMILES string of the molecule is Cc1ccccc1CN(C)C(=O)CN1C(=O)N[C@@](C)(CCc2ccccc2)C1=O. The molecule has 0 saturated carbocycles. The fraction of sp³-hybridized carbons (Fsp3) is 0.348. The summed E-state index contributed by atoms with van der Waals surface area (Å²) in [5.74, 6) is -0.625. The first-order chi connectivity index (χ1) is 13.8. The van der Waals surface area contributed by atoms with Crippen molar-refractivity contribution in [2.75, 3.05) is 13.6 Å².